The van der Waals surface area contributed by atoms with Crippen LogP contribution in [0.1, 0.15) is 12.0 Å². The first-order chi connectivity index (χ1) is 14.3. The topological polar surface area (TPSA) is 116 Å². The minimum atomic E-state index is -4.28. The van der Waals surface area contributed by atoms with Gasteiger partial charge in [-0.15, -0.1) is 6.58 Å². The van der Waals surface area contributed by atoms with Gasteiger partial charge in [-0.25, -0.2) is 13.2 Å². The number of carbonyl (C=O) groups excluding carboxylic acids is 1. The van der Waals surface area contributed by atoms with Gasteiger partial charge in [0.05, 0.1) is 29.1 Å². The zero-order chi connectivity index (χ0) is 21.7. The van der Waals surface area contributed by atoms with Crippen LogP contribution < -0.4 is 0 Å². The number of hydrogen-bond donors (Lipinski definition) is 0. The van der Waals surface area contributed by atoms with E-state index >= 15 is 0 Å². The van der Waals surface area contributed by atoms with Crippen LogP contribution in [0.15, 0.2) is 72.1 Å². The quantitative estimate of drug-likeness (QED) is 0.357. The first-order valence-corrected chi connectivity index (χ1v) is 10.5. The maximum absolute atomic E-state index is 12.9. The SMILES string of the molecule is C=C[C@H]1C[C@@H](COCc2ccccc2)OC(=O)N1S(=O)(=O)c1ccc([N+](=O)[O-])cc1. The first kappa shape index (κ1) is 21.5. The van der Waals surface area contributed by atoms with Gasteiger partial charge < -0.3 is 9.47 Å². The number of non-ortho nitro benzene ring substituents is 1. The Morgan fingerprint density at radius 1 is 1.20 bits per heavy atom. The van der Waals surface area contributed by atoms with E-state index in [1.165, 1.54) is 6.08 Å². The van der Waals surface area contributed by atoms with E-state index in [1.54, 1.807) is 0 Å². The van der Waals surface area contributed by atoms with Crippen LogP contribution in [0.25, 0.3) is 0 Å². The molecule has 0 saturated carbocycles. The molecule has 3 rings (SSSR count). The third-order valence-electron chi connectivity index (χ3n) is 4.54. The predicted octanol–water partition coefficient (Wildman–Crippen LogP) is 3.27. The van der Waals surface area contributed by atoms with Gasteiger partial charge in [0.25, 0.3) is 15.7 Å². The average molecular weight is 432 g/mol. The summed E-state index contributed by atoms with van der Waals surface area (Å²) in [5.41, 5.74) is 0.702. The van der Waals surface area contributed by atoms with E-state index in [0.717, 1.165) is 29.8 Å². The summed E-state index contributed by atoms with van der Waals surface area (Å²) in [7, 11) is -4.28. The van der Waals surface area contributed by atoms with Gasteiger partial charge in [0.15, 0.2) is 0 Å². The Balaban J connectivity index is 1.70. The first-order valence-electron chi connectivity index (χ1n) is 9.06. The highest BCUT2D eigenvalue weighted by Gasteiger charge is 2.42. The summed E-state index contributed by atoms with van der Waals surface area (Å²) in [5.74, 6) is 0. The lowest BCUT2D eigenvalue weighted by Crippen LogP contribution is -2.51. The molecule has 0 unspecified atom stereocenters. The molecule has 1 heterocycles. The van der Waals surface area contributed by atoms with Crippen molar-refractivity contribution in [2.75, 3.05) is 6.61 Å². The number of carbonyl (C=O) groups is 1. The van der Waals surface area contributed by atoms with Gasteiger partial charge in [-0.3, -0.25) is 10.1 Å². The Hall–Kier alpha value is -3.24. The largest absolute Gasteiger partial charge is 0.443 e. The van der Waals surface area contributed by atoms with Gasteiger partial charge in [0, 0.05) is 18.6 Å². The Labute approximate surface area is 173 Å². The summed E-state index contributed by atoms with van der Waals surface area (Å²) in [6, 6.07) is 12.9. The molecule has 2 aromatic rings. The highest BCUT2D eigenvalue weighted by Crippen LogP contribution is 2.28. The van der Waals surface area contributed by atoms with E-state index in [-0.39, 0.29) is 23.6 Å². The van der Waals surface area contributed by atoms with Crippen LogP contribution >= 0.6 is 0 Å². The van der Waals surface area contributed by atoms with Crippen LogP contribution in [-0.2, 0) is 26.1 Å². The molecule has 1 saturated heterocycles. The molecule has 0 N–H and O–H groups in total. The Morgan fingerprint density at radius 3 is 2.47 bits per heavy atom. The maximum Gasteiger partial charge on any atom is 0.424 e. The number of rotatable bonds is 8. The normalized spacial score (nSPS) is 19.2. The van der Waals surface area contributed by atoms with Crippen molar-refractivity contribution in [1.82, 2.24) is 4.31 Å². The van der Waals surface area contributed by atoms with Crippen molar-refractivity contribution in [2.45, 2.75) is 30.1 Å². The molecule has 1 amide bonds. The third-order valence-corrected chi connectivity index (χ3v) is 6.35. The zero-order valence-corrected chi connectivity index (χ0v) is 16.7. The average Bonchev–Trinajstić information content (AvgIpc) is 2.74. The van der Waals surface area contributed by atoms with Crippen LogP contribution in [0, 0.1) is 10.1 Å². The number of benzene rings is 2. The minimum absolute atomic E-state index is 0.108. The molecule has 0 bridgehead atoms. The fourth-order valence-corrected chi connectivity index (χ4v) is 4.52. The molecular formula is C20H20N2O7S. The van der Waals surface area contributed by atoms with Crippen molar-refractivity contribution in [2.24, 2.45) is 0 Å². The maximum atomic E-state index is 12.9. The van der Waals surface area contributed by atoms with E-state index in [0.29, 0.717) is 10.9 Å². The van der Waals surface area contributed by atoms with Gasteiger partial charge in [0.2, 0.25) is 0 Å². The Kier molecular flexibility index (Phi) is 6.48. The molecule has 0 radical (unpaired) electrons. The van der Waals surface area contributed by atoms with Crippen molar-refractivity contribution in [3.63, 3.8) is 0 Å². The molecule has 2 aromatic carbocycles. The lowest BCUT2D eigenvalue weighted by molar-refractivity contribution is -0.384. The van der Waals surface area contributed by atoms with Gasteiger partial charge in [-0.05, 0) is 17.7 Å². The number of nitrogens with zero attached hydrogens (tertiary/aromatic N) is 2. The summed E-state index contributed by atoms with van der Waals surface area (Å²) < 4.78 is 37.3. The van der Waals surface area contributed by atoms with Crippen molar-refractivity contribution in [3.8, 4) is 0 Å². The smallest absolute Gasteiger partial charge is 0.424 e. The van der Waals surface area contributed by atoms with Gasteiger partial charge in [-0.1, -0.05) is 36.4 Å². The predicted molar refractivity (Wildman–Crippen MR) is 107 cm³/mol. The summed E-state index contributed by atoms with van der Waals surface area (Å²) in [4.78, 5) is 22.4. The molecule has 1 fully saturated rings. The lowest BCUT2D eigenvalue weighted by Gasteiger charge is -2.36. The van der Waals surface area contributed by atoms with Crippen molar-refractivity contribution < 1.29 is 27.6 Å². The monoisotopic (exact) mass is 432 g/mol. The van der Waals surface area contributed by atoms with E-state index in [9.17, 15) is 23.3 Å². The standard InChI is InChI=1S/C20H20N2O7S/c1-2-16-12-18(14-28-13-15-6-4-3-5-7-15)29-20(23)21(16)30(26,27)19-10-8-17(9-11-19)22(24)25/h2-11,16,18H,1,12-14H2/t16-,18-/m0/s1. The number of amides is 1. The molecule has 10 heteroatoms. The van der Waals surface area contributed by atoms with Crippen LogP contribution in [-0.4, -0.2) is 42.5 Å². The molecule has 30 heavy (non-hydrogen) atoms. The molecular weight excluding hydrogens is 412 g/mol. The van der Waals surface area contributed by atoms with Crippen LogP contribution in [0.4, 0.5) is 10.5 Å². The van der Waals surface area contributed by atoms with Gasteiger partial charge in [-0.2, -0.15) is 4.31 Å². The van der Waals surface area contributed by atoms with Crippen LogP contribution in [0.5, 0.6) is 0 Å². The number of sulfonamides is 1. The second-order valence-electron chi connectivity index (χ2n) is 6.60. The second kappa shape index (κ2) is 9.06. The lowest BCUT2D eigenvalue weighted by atomic mass is 10.1. The second-order valence-corrected chi connectivity index (χ2v) is 8.41. The molecule has 0 spiro atoms. The van der Waals surface area contributed by atoms with Crippen molar-refractivity contribution in [3.05, 3.63) is 82.9 Å². The molecule has 0 aliphatic carbocycles. The summed E-state index contributed by atoms with van der Waals surface area (Å²) >= 11 is 0. The fraction of sp³-hybridized carbons (Fsp3) is 0.250. The van der Waals surface area contributed by atoms with Crippen LogP contribution in [0.2, 0.25) is 0 Å². The van der Waals surface area contributed by atoms with Gasteiger partial charge in [0.1, 0.15) is 6.10 Å². The minimum Gasteiger partial charge on any atom is -0.443 e. The van der Waals surface area contributed by atoms with E-state index in [4.69, 9.17) is 9.47 Å². The fourth-order valence-electron chi connectivity index (χ4n) is 3.05. The van der Waals surface area contributed by atoms with E-state index in [1.807, 2.05) is 30.3 Å². The number of ether oxygens (including phenoxy) is 2. The van der Waals surface area contributed by atoms with Crippen molar-refractivity contribution in [1.29, 1.82) is 0 Å². The van der Waals surface area contributed by atoms with Crippen LogP contribution in [0.3, 0.4) is 0 Å². The highest BCUT2D eigenvalue weighted by atomic mass is 32.2. The molecule has 2 atom stereocenters. The van der Waals surface area contributed by atoms with E-state index in [2.05, 4.69) is 6.58 Å². The Morgan fingerprint density at radius 2 is 1.87 bits per heavy atom. The zero-order valence-electron chi connectivity index (χ0n) is 15.9. The summed E-state index contributed by atoms with van der Waals surface area (Å²) in [6.45, 7) is 4.07. The van der Waals surface area contributed by atoms with E-state index < -0.39 is 33.2 Å². The highest BCUT2D eigenvalue weighted by molar-refractivity contribution is 7.89. The number of hydrogen-bond acceptors (Lipinski definition) is 7. The third kappa shape index (κ3) is 4.66. The molecule has 1 aliphatic rings. The number of nitro benzene ring substituents is 1. The van der Waals surface area contributed by atoms with Crippen molar-refractivity contribution >= 4 is 21.8 Å². The molecule has 0 aromatic heterocycles. The number of cyclic esters (lactones) is 1. The number of nitro groups is 1. The molecule has 9 nitrogen and oxygen atoms in total. The Bertz CT molecular complexity index is 1020. The molecule has 158 valence electrons. The summed E-state index contributed by atoms with van der Waals surface area (Å²) in [6.07, 6.45) is -0.144. The summed E-state index contributed by atoms with van der Waals surface area (Å²) in [5, 5.41) is 10.8. The molecule has 1 aliphatic heterocycles. The van der Waals surface area contributed by atoms with Gasteiger partial charge >= 0.3 is 6.09 Å².